The van der Waals surface area contributed by atoms with E-state index in [0.29, 0.717) is 6.10 Å². The molecule has 0 spiro atoms. The highest BCUT2D eigenvalue weighted by molar-refractivity contribution is 9.09. The monoisotopic (exact) mass is 323 g/mol. The molecule has 19 heavy (non-hydrogen) atoms. The van der Waals surface area contributed by atoms with Crippen molar-refractivity contribution in [2.45, 2.75) is 18.9 Å². The molecule has 0 radical (unpaired) electrons. The number of halogens is 1. The summed E-state index contributed by atoms with van der Waals surface area (Å²) >= 11 is 3.40. The number of pyridine rings is 1. The Balaban J connectivity index is 1.69. The maximum Gasteiger partial charge on any atom is 0.138 e. The molecule has 0 N–H and O–H groups in total. The van der Waals surface area contributed by atoms with Crippen LogP contribution < -0.4 is 4.90 Å². The fourth-order valence-corrected chi connectivity index (χ4v) is 2.84. The number of fused-ring (bicyclic) bond motifs is 1. The molecule has 3 rings (SSSR count). The van der Waals surface area contributed by atoms with Crippen LogP contribution in [-0.4, -0.2) is 40.5 Å². The van der Waals surface area contributed by atoms with E-state index < -0.39 is 0 Å². The Morgan fingerprint density at radius 3 is 2.95 bits per heavy atom. The topological polar surface area (TPSA) is 29.8 Å². The van der Waals surface area contributed by atoms with Gasteiger partial charge in [0.2, 0.25) is 0 Å². The van der Waals surface area contributed by atoms with Crippen molar-refractivity contribution in [1.82, 2.24) is 9.38 Å². The highest BCUT2D eigenvalue weighted by atomic mass is 79.9. The molecule has 2 aromatic heterocycles. The molecule has 2 aromatic rings. The summed E-state index contributed by atoms with van der Waals surface area (Å²) in [5, 5.41) is 0.918. The third-order valence-corrected chi connectivity index (χ3v) is 3.93. The molecule has 5 heteroatoms. The van der Waals surface area contributed by atoms with E-state index in [0.717, 1.165) is 43.5 Å². The Kier molecular flexibility index (Phi) is 4.03. The summed E-state index contributed by atoms with van der Waals surface area (Å²) in [6, 6.07) is 6.27. The molecule has 0 aliphatic carbocycles. The SMILES string of the molecule is BrCCOC1CCN(c2cccc3nccn23)CC1. The van der Waals surface area contributed by atoms with Gasteiger partial charge in [-0.3, -0.25) is 4.40 Å². The molecule has 1 aliphatic rings. The van der Waals surface area contributed by atoms with Crippen LogP contribution in [0.3, 0.4) is 0 Å². The molecular weight excluding hydrogens is 306 g/mol. The van der Waals surface area contributed by atoms with Crippen molar-refractivity contribution in [3.05, 3.63) is 30.6 Å². The zero-order valence-electron chi connectivity index (χ0n) is 10.8. The summed E-state index contributed by atoms with van der Waals surface area (Å²) in [6.07, 6.45) is 6.48. The van der Waals surface area contributed by atoms with Crippen LogP contribution in [0.4, 0.5) is 5.82 Å². The molecule has 4 nitrogen and oxygen atoms in total. The van der Waals surface area contributed by atoms with Gasteiger partial charge < -0.3 is 9.64 Å². The minimum Gasteiger partial charge on any atom is -0.377 e. The maximum absolute atomic E-state index is 5.80. The van der Waals surface area contributed by atoms with Crippen molar-refractivity contribution in [1.29, 1.82) is 0 Å². The lowest BCUT2D eigenvalue weighted by atomic mass is 10.1. The molecule has 3 heterocycles. The molecular formula is C14H18BrN3O. The lowest BCUT2D eigenvalue weighted by molar-refractivity contribution is 0.0480. The van der Waals surface area contributed by atoms with E-state index >= 15 is 0 Å². The largest absolute Gasteiger partial charge is 0.377 e. The van der Waals surface area contributed by atoms with Crippen molar-refractivity contribution in [3.63, 3.8) is 0 Å². The summed E-state index contributed by atoms with van der Waals surface area (Å²) in [7, 11) is 0. The van der Waals surface area contributed by atoms with Crippen molar-refractivity contribution < 1.29 is 4.74 Å². The van der Waals surface area contributed by atoms with Gasteiger partial charge in [-0.2, -0.15) is 0 Å². The number of hydrogen-bond acceptors (Lipinski definition) is 3. The van der Waals surface area contributed by atoms with E-state index in [2.05, 4.69) is 42.3 Å². The fraction of sp³-hybridized carbons (Fsp3) is 0.500. The van der Waals surface area contributed by atoms with E-state index in [9.17, 15) is 0 Å². The Hall–Kier alpha value is -1.07. The molecule has 1 fully saturated rings. The van der Waals surface area contributed by atoms with Gasteiger partial charge in [0.15, 0.2) is 0 Å². The van der Waals surface area contributed by atoms with Crippen molar-refractivity contribution in [2.24, 2.45) is 0 Å². The molecule has 0 amide bonds. The summed E-state index contributed by atoms with van der Waals surface area (Å²) in [6.45, 7) is 2.90. The minimum atomic E-state index is 0.413. The maximum atomic E-state index is 5.80. The zero-order valence-corrected chi connectivity index (χ0v) is 12.4. The Bertz CT molecular complexity index is 534. The Labute approximate surface area is 121 Å². The molecule has 0 unspecified atom stereocenters. The number of rotatable bonds is 4. The number of aromatic nitrogens is 2. The first-order chi connectivity index (χ1) is 9.38. The summed E-state index contributed by atoms with van der Waals surface area (Å²) in [5.74, 6) is 1.23. The summed E-state index contributed by atoms with van der Waals surface area (Å²) < 4.78 is 7.95. The van der Waals surface area contributed by atoms with Crippen LogP contribution in [0.15, 0.2) is 30.6 Å². The first-order valence-corrected chi connectivity index (χ1v) is 7.85. The van der Waals surface area contributed by atoms with Crippen LogP contribution >= 0.6 is 15.9 Å². The van der Waals surface area contributed by atoms with Gasteiger partial charge in [0.1, 0.15) is 11.5 Å². The molecule has 0 atom stereocenters. The quantitative estimate of drug-likeness (QED) is 0.810. The van der Waals surface area contributed by atoms with Gasteiger partial charge >= 0.3 is 0 Å². The van der Waals surface area contributed by atoms with Crippen LogP contribution in [-0.2, 0) is 4.74 Å². The third kappa shape index (κ3) is 2.77. The minimum absolute atomic E-state index is 0.413. The van der Waals surface area contributed by atoms with E-state index in [-0.39, 0.29) is 0 Å². The zero-order chi connectivity index (χ0) is 13.1. The van der Waals surface area contributed by atoms with Gasteiger partial charge in [-0.1, -0.05) is 22.0 Å². The van der Waals surface area contributed by atoms with Crippen LogP contribution in [0.2, 0.25) is 0 Å². The van der Waals surface area contributed by atoms with Gasteiger partial charge in [0.05, 0.1) is 12.7 Å². The Morgan fingerprint density at radius 2 is 2.16 bits per heavy atom. The Morgan fingerprint density at radius 1 is 1.32 bits per heavy atom. The van der Waals surface area contributed by atoms with Crippen molar-refractivity contribution in [2.75, 3.05) is 29.9 Å². The van der Waals surface area contributed by atoms with Crippen LogP contribution in [0.1, 0.15) is 12.8 Å². The molecule has 1 aliphatic heterocycles. The number of ether oxygens (including phenoxy) is 1. The predicted molar refractivity (Wildman–Crippen MR) is 80.2 cm³/mol. The second-order valence-electron chi connectivity index (χ2n) is 4.79. The van der Waals surface area contributed by atoms with Crippen LogP contribution in [0.5, 0.6) is 0 Å². The van der Waals surface area contributed by atoms with Gasteiger partial charge in [-0.25, -0.2) is 4.98 Å². The molecule has 0 bridgehead atoms. The van der Waals surface area contributed by atoms with Crippen molar-refractivity contribution in [3.8, 4) is 0 Å². The lowest BCUT2D eigenvalue weighted by Gasteiger charge is -2.33. The first-order valence-electron chi connectivity index (χ1n) is 6.73. The molecule has 0 saturated carbocycles. The third-order valence-electron chi connectivity index (χ3n) is 3.60. The number of imidazole rings is 1. The van der Waals surface area contributed by atoms with E-state index in [1.807, 2.05) is 18.5 Å². The predicted octanol–water partition coefficient (Wildman–Crippen LogP) is 2.71. The fourth-order valence-electron chi connectivity index (χ4n) is 2.65. The standard InChI is InChI=1S/C14H18BrN3O/c15-6-11-19-12-4-8-17(9-5-12)14-3-1-2-13-16-7-10-18(13)14/h1-3,7,10,12H,4-6,8-9,11H2. The number of hydrogen-bond donors (Lipinski definition) is 0. The van der Waals surface area contributed by atoms with Gasteiger partial charge in [0.25, 0.3) is 0 Å². The lowest BCUT2D eigenvalue weighted by Crippen LogP contribution is -2.38. The van der Waals surface area contributed by atoms with Gasteiger partial charge in [0, 0.05) is 30.8 Å². The van der Waals surface area contributed by atoms with Gasteiger partial charge in [-0.05, 0) is 25.0 Å². The summed E-state index contributed by atoms with van der Waals surface area (Å²) in [4.78, 5) is 6.76. The van der Waals surface area contributed by atoms with Crippen molar-refractivity contribution >= 4 is 27.4 Å². The van der Waals surface area contributed by atoms with E-state index in [1.165, 1.54) is 5.82 Å². The van der Waals surface area contributed by atoms with E-state index in [4.69, 9.17) is 4.74 Å². The molecule has 0 aromatic carbocycles. The smallest absolute Gasteiger partial charge is 0.138 e. The van der Waals surface area contributed by atoms with Gasteiger partial charge in [-0.15, -0.1) is 0 Å². The number of alkyl halides is 1. The van der Waals surface area contributed by atoms with Crippen LogP contribution in [0.25, 0.3) is 5.65 Å². The highest BCUT2D eigenvalue weighted by Crippen LogP contribution is 2.22. The average molecular weight is 324 g/mol. The summed E-state index contributed by atoms with van der Waals surface area (Å²) in [5.41, 5.74) is 1.01. The molecule has 102 valence electrons. The average Bonchev–Trinajstić information content (AvgIpc) is 2.94. The molecule has 1 saturated heterocycles. The number of piperidine rings is 1. The highest BCUT2D eigenvalue weighted by Gasteiger charge is 2.20. The normalized spacial score (nSPS) is 17.2. The van der Waals surface area contributed by atoms with Crippen LogP contribution in [0, 0.1) is 0 Å². The second kappa shape index (κ2) is 5.92. The first kappa shape index (κ1) is 12.9. The second-order valence-corrected chi connectivity index (χ2v) is 5.58. The van der Waals surface area contributed by atoms with E-state index in [1.54, 1.807) is 0 Å². The number of anilines is 1. The number of nitrogens with zero attached hydrogens (tertiary/aromatic N) is 3.